The van der Waals surface area contributed by atoms with Crippen molar-refractivity contribution in [3.05, 3.63) is 12.2 Å². The van der Waals surface area contributed by atoms with Crippen molar-refractivity contribution in [3.8, 4) is 0 Å². The number of allylic oxidation sites excluding steroid dienone is 1. The Morgan fingerprint density at radius 3 is 2.92 bits per heavy atom. The van der Waals surface area contributed by atoms with Crippen molar-refractivity contribution in [2.45, 2.75) is 33.2 Å². The fourth-order valence-corrected chi connectivity index (χ4v) is 1.54. The molecule has 1 aliphatic carbocycles. The Hall–Kier alpha value is -0.630. The highest BCUT2D eigenvalue weighted by molar-refractivity contribution is 5.91. The van der Waals surface area contributed by atoms with Crippen LogP contribution in [-0.2, 0) is 4.79 Å². The smallest absolute Gasteiger partial charge is 0.156 e. The standard InChI is InChI=1S/C10H17NO/c1-4-11-9-7-8(12)5-6-10(9,2)3/h5-6,9,11H,4,7H2,1-3H3. The average Bonchev–Trinajstić information content (AvgIpc) is 1.98. The molecular formula is C10H17NO. The third kappa shape index (κ3) is 1.95. The van der Waals surface area contributed by atoms with Crippen molar-refractivity contribution in [1.29, 1.82) is 0 Å². The van der Waals surface area contributed by atoms with Gasteiger partial charge in [-0.1, -0.05) is 26.8 Å². The Balaban J connectivity index is 2.72. The van der Waals surface area contributed by atoms with Gasteiger partial charge in [-0.3, -0.25) is 4.79 Å². The summed E-state index contributed by atoms with van der Waals surface area (Å²) in [6.45, 7) is 7.31. The molecule has 1 aliphatic rings. The summed E-state index contributed by atoms with van der Waals surface area (Å²) in [5.41, 5.74) is 0.115. The predicted octanol–water partition coefficient (Wildman–Crippen LogP) is 1.52. The maximum Gasteiger partial charge on any atom is 0.156 e. The molecular weight excluding hydrogens is 150 g/mol. The van der Waals surface area contributed by atoms with Gasteiger partial charge in [0, 0.05) is 12.5 Å². The number of rotatable bonds is 2. The highest BCUT2D eigenvalue weighted by atomic mass is 16.1. The summed E-state index contributed by atoms with van der Waals surface area (Å²) in [4.78, 5) is 11.1. The lowest BCUT2D eigenvalue weighted by molar-refractivity contribution is -0.116. The van der Waals surface area contributed by atoms with Gasteiger partial charge in [-0.15, -0.1) is 0 Å². The Bertz CT molecular complexity index is 206. The summed E-state index contributed by atoms with van der Waals surface area (Å²) in [6, 6.07) is 0.306. The Morgan fingerprint density at radius 1 is 1.67 bits per heavy atom. The van der Waals surface area contributed by atoms with E-state index in [1.807, 2.05) is 6.08 Å². The fourth-order valence-electron chi connectivity index (χ4n) is 1.54. The monoisotopic (exact) mass is 167 g/mol. The summed E-state index contributed by atoms with van der Waals surface area (Å²) in [6.07, 6.45) is 4.34. The normalized spacial score (nSPS) is 27.6. The minimum absolute atomic E-state index is 0.115. The quantitative estimate of drug-likeness (QED) is 0.675. The van der Waals surface area contributed by atoms with Crippen molar-refractivity contribution in [3.63, 3.8) is 0 Å². The second kappa shape index (κ2) is 3.40. The van der Waals surface area contributed by atoms with Crippen LogP contribution < -0.4 is 5.32 Å². The molecule has 0 fully saturated rings. The average molecular weight is 167 g/mol. The summed E-state index contributed by atoms with van der Waals surface area (Å²) >= 11 is 0. The maximum absolute atomic E-state index is 11.1. The molecule has 0 saturated carbocycles. The van der Waals surface area contributed by atoms with Crippen LogP contribution in [0.4, 0.5) is 0 Å². The molecule has 1 atom stereocenters. The molecule has 0 heterocycles. The van der Waals surface area contributed by atoms with Crippen LogP contribution in [0.5, 0.6) is 0 Å². The van der Waals surface area contributed by atoms with E-state index in [-0.39, 0.29) is 11.2 Å². The third-order valence-corrected chi connectivity index (χ3v) is 2.45. The largest absolute Gasteiger partial charge is 0.313 e. The van der Waals surface area contributed by atoms with E-state index in [0.29, 0.717) is 12.5 Å². The van der Waals surface area contributed by atoms with E-state index in [4.69, 9.17) is 0 Å². The van der Waals surface area contributed by atoms with E-state index >= 15 is 0 Å². The molecule has 12 heavy (non-hydrogen) atoms. The molecule has 68 valence electrons. The molecule has 0 spiro atoms. The second-order valence-corrected chi connectivity index (χ2v) is 3.94. The first-order chi connectivity index (χ1) is 5.56. The molecule has 2 nitrogen and oxygen atoms in total. The van der Waals surface area contributed by atoms with Crippen molar-refractivity contribution in [2.75, 3.05) is 6.54 Å². The summed E-state index contributed by atoms with van der Waals surface area (Å²) in [7, 11) is 0. The third-order valence-electron chi connectivity index (χ3n) is 2.45. The minimum Gasteiger partial charge on any atom is -0.313 e. The molecule has 1 rings (SSSR count). The zero-order chi connectivity index (χ0) is 9.19. The van der Waals surface area contributed by atoms with Gasteiger partial charge in [0.1, 0.15) is 0 Å². The van der Waals surface area contributed by atoms with E-state index in [1.165, 1.54) is 0 Å². The lowest BCUT2D eigenvalue weighted by Crippen LogP contribution is -2.44. The minimum atomic E-state index is 0.115. The highest BCUT2D eigenvalue weighted by Crippen LogP contribution is 2.28. The van der Waals surface area contributed by atoms with Gasteiger partial charge in [0.25, 0.3) is 0 Å². The van der Waals surface area contributed by atoms with Crippen LogP contribution in [0, 0.1) is 5.41 Å². The van der Waals surface area contributed by atoms with Crippen LogP contribution in [0.25, 0.3) is 0 Å². The predicted molar refractivity (Wildman–Crippen MR) is 50.0 cm³/mol. The molecule has 0 aromatic heterocycles. The van der Waals surface area contributed by atoms with Crippen LogP contribution in [0.3, 0.4) is 0 Å². The van der Waals surface area contributed by atoms with Crippen LogP contribution in [-0.4, -0.2) is 18.4 Å². The first-order valence-corrected chi connectivity index (χ1v) is 4.51. The summed E-state index contributed by atoms with van der Waals surface area (Å²) in [5.74, 6) is 0.236. The number of carbonyl (C=O) groups is 1. The van der Waals surface area contributed by atoms with Crippen molar-refractivity contribution in [2.24, 2.45) is 5.41 Å². The van der Waals surface area contributed by atoms with E-state index in [0.717, 1.165) is 6.54 Å². The Labute approximate surface area is 74.0 Å². The van der Waals surface area contributed by atoms with Crippen molar-refractivity contribution >= 4 is 5.78 Å². The van der Waals surface area contributed by atoms with E-state index in [9.17, 15) is 4.79 Å². The summed E-state index contributed by atoms with van der Waals surface area (Å²) < 4.78 is 0. The first kappa shape index (κ1) is 9.46. The molecule has 0 aromatic rings. The molecule has 0 saturated heterocycles. The molecule has 0 aromatic carbocycles. The van der Waals surface area contributed by atoms with Gasteiger partial charge in [0.05, 0.1) is 0 Å². The summed E-state index contributed by atoms with van der Waals surface area (Å²) in [5, 5.41) is 3.33. The van der Waals surface area contributed by atoms with Crippen LogP contribution >= 0.6 is 0 Å². The van der Waals surface area contributed by atoms with E-state index in [2.05, 4.69) is 26.1 Å². The SMILES string of the molecule is CCNC1CC(=O)C=CC1(C)C. The molecule has 0 radical (unpaired) electrons. The number of hydrogen-bond donors (Lipinski definition) is 1. The van der Waals surface area contributed by atoms with Crippen LogP contribution in [0.15, 0.2) is 12.2 Å². The Morgan fingerprint density at radius 2 is 2.33 bits per heavy atom. The van der Waals surface area contributed by atoms with E-state index < -0.39 is 0 Å². The molecule has 0 bridgehead atoms. The maximum atomic E-state index is 11.1. The van der Waals surface area contributed by atoms with E-state index in [1.54, 1.807) is 6.08 Å². The van der Waals surface area contributed by atoms with Gasteiger partial charge in [-0.2, -0.15) is 0 Å². The highest BCUT2D eigenvalue weighted by Gasteiger charge is 2.30. The number of hydrogen-bond acceptors (Lipinski definition) is 2. The van der Waals surface area contributed by atoms with Gasteiger partial charge < -0.3 is 5.32 Å². The lowest BCUT2D eigenvalue weighted by Gasteiger charge is -2.34. The topological polar surface area (TPSA) is 29.1 Å². The van der Waals surface area contributed by atoms with Gasteiger partial charge in [0.15, 0.2) is 5.78 Å². The first-order valence-electron chi connectivity index (χ1n) is 4.51. The number of nitrogens with one attached hydrogen (secondary N) is 1. The zero-order valence-corrected chi connectivity index (χ0v) is 8.05. The van der Waals surface area contributed by atoms with Gasteiger partial charge >= 0.3 is 0 Å². The van der Waals surface area contributed by atoms with Crippen LogP contribution in [0.1, 0.15) is 27.2 Å². The number of carbonyl (C=O) groups excluding carboxylic acids is 1. The fraction of sp³-hybridized carbons (Fsp3) is 0.700. The molecule has 1 N–H and O–H groups in total. The lowest BCUT2D eigenvalue weighted by atomic mass is 9.78. The van der Waals surface area contributed by atoms with Crippen LogP contribution in [0.2, 0.25) is 0 Å². The molecule has 0 amide bonds. The van der Waals surface area contributed by atoms with Crippen molar-refractivity contribution < 1.29 is 4.79 Å². The van der Waals surface area contributed by atoms with Gasteiger partial charge in [0.2, 0.25) is 0 Å². The van der Waals surface area contributed by atoms with Gasteiger partial charge in [-0.05, 0) is 18.0 Å². The zero-order valence-electron chi connectivity index (χ0n) is 8.05. The molecule has 1 unspecified atom stereocenters. The second-order valence-electron chi connectivity index (χ2n) is 3.94. The van der Waals surface area contributed by atoms with Crippen molar-refractivity contribution in [1.82, 2.24) is 5.32 Å². The molecule has 0 aliphatic heterocycles. The Kier molecular flexibility index (Phi) is 2.68. The number of ketones is 1. The molecule has 2 heteroatoms. The van der Waals surface area contributed by atoms with Gasteiger partial charge in [-0.25, -0.2) is 0 Å².